The zero-order chi connectivity index (χ0) is 22.8. The van der Waals surface area contributed by atoms with E-state index in [9.17, 15) is 8.42 Å². The van der Waals surface area contributed by atoms with Crippen LogP contribution in [0.5, 0.6) is 0 Å². The summed E-state index contributed by atoms with van der Waals surface area (Å²) in [6, 6.07) is 17.1. The summed E-state index contributed by atoms with van der Waals surface area (Å²) in [7, 11) is -1.91. The summed E-state index contributed by atoms with van der Waals surface area (Å²) in [5.74, 6) is 6.26. The summed E-state index contributed by atoms with van der Waals surface area (Å²) in [5.41, 5.74) is 5.81. The van der Waals surface area contributed by atoms with E-state index >= 15 is 0 Å². The van der Waals surface area contributed by atoms with Gasteiger partial charge in [0, 0.05) is 34.6 Å². The van der Waals surface area contributed by atoms with Crippen LogP contribution in [0.4, 0.5) is 0 Å². The second kappa shape index (κ2) is 8.47. The third kappa shape index (κ3) is 4.32. The lowest BCUT2D eigenvalue weighted by Gasteiger charge is -2.08. The molecule has 0 saturated carbocycles. The van der Waals surface area contributed by atoms with E-state index in [1.165, 1.54) is 7.05 Å². The number of nitrogens with one attached hydrogen (secondary N) is 1. The first kappa shape index (κ1) is 20.8. The van der Waals surface area contributed by atoms with Gasteiger partial charge in [-0.1, -0.05) is 24.0 Å². The fourth-order valence-corrected chi connectivity index (χ4v) is 4.37. The second-order valence-electron chi connectivity index (χ2n) is 7.46. The maximum atomic E-state index is 11.8. The highest BCUT2D eigenvalue weighted by Gasteiger charge is 2.12. The first-order valence-corrected chi connectivity index (χ1v) is 11.9. The number of imidazole rings is 1. The van der Waals surface area contributed by atoms with Gasteiger partial charge in [0.05, 0.1) is 23.0 Å². The largest absolute Gasteiger partial charge is 0.298 e. The highest BCUT2D eigenvalue weighted by atomic mass is 32.2. The summed E-state index contributed by atoms with van der Waals surface area (Å²) in [4.78, 5) is 13.1. The minimum Gasteiger partial charge on any atom is -0.298 e. The standard InChI is InChI=1S/C25H19N5O2S/c1-26-33(31,32)16-20-6-9-21(10-7-20)30-17-29-24-15-28-23-11-8-18(13-22(23)25(24)30)4-5-19-3-2-12-27-14-19/h2-3,6-15,17,26H,16H2,1H3. The number of hydrogen-bond acceptors (Lipinski definition) is 5. The second-order valence-corrected chi connectivity index (χ2v) is 9.39. The zero-order valence-electron chi connectivity index (χ0n) is 17.7. The Kier molecular flexibility index (Phi) is 5.34. The number of fused-ring (bicyclic) bond motifs is 3. The Bertz CT molecular complexity index is 1630. The predicted molar refractivity (Wildman–Crippen MR) is 128 cm³/mol. The van der Waals surface area contributed by atoms with Gasteiger partial charge in [0.2, 0.25) is 10.0 Å². The van der Waals surface area contributed by atoms with E-state index in [0.29, 0.717) is 5.56 Å². The molecule has 3 aromatic heterocycles. The molecule has 33 heavy (non-hydrogen) atoms. The highest BCUT2D eigenvalue weighted by Crippen LogP contribution is 2.26. The van der Waals surface area contributed by atoms with E-state index in [1.54, 1.807) is 24.9 Å². The van der Waals surface area contributed by atoms with Crippen molar-refractivity contribution in [3.05, 3.63) is 96.2 Å². The molecule has 0 fully saturated rings. The summed E-state index contributed by atoms with van der Waals surface area (Å²) < 4.78 is 28.0. The molecule has 7 nitrogen and oxygen atoms in total. The Morgan fingerprint density at radius 3 is 2.52 bits per heavy atom. The van der Waals surface area contributed by atoms with Crippen molar-refractivity contribution in [1.29, 1.82) is 0 Å². The number of nitrogens with zero attached hydrogens (tertiary/aromatic N) is 4. The molecule has 0 aliphatic carbocycles. The maximum Gasteiger partial charge on any atom is 0.215 e. The molecule has 0 bridgehead atoms. The van der Waals surface area contributed by atoms with Crippen LogP contribution in [0.1, 0.15) is 16.7 Å². The van der Waals surface area contributed by atoms with Gasteiger partial charge in [-0.05, 0) is 55.1 Å². The molecule has 2 aromatic carbocycles. The number of hydrogen-bond donors (Lipinski definition) is 1. The average molecular weight is 454 g/mol. The van der Waals surface area contributed by atoms with Crippen LogP contribution >= 0.6 is 0 Å². The lowest BCUT2D eigenvalue weighted by Crippen LogP contribution is -2.20. The Balaban J connectivity index is 1.58. The van der Waals surface area contributed by atoms with Crippen LogP contribution in [-0.4, -0.2) is 35.0 Å². The van der Waals surface area contributed by atoms with Crippen LogP contribution < -0.4 is 4.72 Å². The first-order chi connectivity index (χ1) is 16.0. The van der Waals surface area contributed by atoms with Crippen molar-refractivity contribution < 1.29 is 8.42 Å². The molecule has 162 valence electrons. The van der Waals surface area contributed by atoms with Gasteiger partial charge in [-0.25, -0.2) is 18.1 Å². The number of aromatic nitrogens is 4. The van der Waals surface area contributed by atoms with Crippen molar-refractivity contribution in [2.24, 2.45) is 0 Å². The van der Waals surface area contributed by atoms with E-state index in [1.807, 2.05) is 59.2 Å². The Hall–Kier alpha value is -4.06. The van der Waals surface area contributed by atoms with Crippen LogP contribution in [0.15, 0.2) is 79.5 Å². The van der Waals surface area contributed by atoms with E-state index in [0.717, 1.165) is 38.8 Å². The molecule has 0 aliphatic heterocycles. The summed E-state index contributed by atoms with van der Waals surface area (Å²) in [5, 5.41) is 0.935. The number of sulfonamides is 1. The normalized spacial score (nSPS) is 11.4. The Morgan fingerprint density at radius 1 is 0.939 bits per heavy atom. The third-order valence-electron chi connectivity index (χ3n) is 5.27. The SMILES string of the molecule is CNS(=O)(=O)Cc1ccc(-n2cnc3cnc4ccc(C#Cc5cccnc5)cc4c32)cc1. The van der Waals surface area contributed by atoms with Crippen molar-refractivity contribution in [3.63, 3.8) is 0 Å². The molecule has 0 radical (unpaired) electrons. The molecule has 5 aromatic rings. The number of rotatable bonds is 4. The molecule has 0 spiro atoms. The summed E-state index contributed by atoms with van der Waals surface area (Å²) >= 11 is 0. The van der Waals surface area contributed by atoms with Gasteiger partial charge in [0.1, 0.15) is 11.8 Å². The lowest BCUT2D eigenvalue weighted by atomic mass is 10.1. The number of benzene rings is 2. The molecule has 0 aliphatic rings. The minimum absolute atomic E-state index is 0.0692. The van der Waals surface area contributed by atoms with E-state index in [4.69, 9.17) is 0 Å². The topological polar surface area (TPSA) is 89.8 Å². The molecular weight excluding hydrogens is 434 g/mol. The van der Waals surface area contributed by atoms with E-state index < -0.39 is 10.0 Å². The summed E-state index contributed by atoms with van der Waals surface area (Å²) in [6.07, 6.45) is 6.95. The van der Waals surface area contributed by atoms with Gasteiger partial charge in [-0.3, -0.25) is 14.5 Å². The molecule has 1 N–H and O–H groups in total. The van der Waals surface area contributed by atoms with Crippen LogP contribution in [-0.2, 0) is 15.8 Å². The van der Waals surface area contributed by atoms with Gasteiger partial charge in [0.25, 0.3) is 0 Å². The van der Waals surface area contributed by atoms with E-state index in [-0.39, 0.29) is 5.75 Å². The van der Waals surface area contributed by atoms with Gasteiger partial charge in [0.15, 0.2) is 0 Å². The number of pyridine rings is 2. The van der Waals surface area contributed by atoms with Crippen LogP contribution in [0.3, 0.4) is 0 Å². The van der Waals surface area contributed by atoms with Crippen molar-refractivity contribution in [1.82, 2.24) is 24.2 Å². The smallest absolute Gasteiger partial charge is 0.215 e. The van der Waals surface area contributed by atoms with E-state index in [2.05, 4.69) is 31.5 Å². The molecule has 0 atom stereocenters. The Labute approximate surface area is 191 Å². The fraction of sp³-hybridized carbons (Fsp3) is 0.0800. The van der Waals surface area contributed by atoms with Gasteiger partial charge in [-0.2, -0.15) is 0 Å². The van der Waals surface area contributed by atoms with Gasteiger partial charge in [-0.15, -0.1) is 0 Å². The predicted octanol–water partition coefficient (Wildman–Crippen LogP) is 3.42. The van der Waals surface area contributed by atoms with Crippen LogP contribution in [0.25, 0.3) is 27.6 Å². The maximum absolute atomic E-state index is 11.8. The molecule has 0 saturated heterocycles. The quantitative estimate of drug-likeness (QED) is 0.421. The zero-order valence-corrected chi connectivity index (χ0v) is 18.5. The molecular formula is C25H19N5O2S. The highest BCUT2D eigenvalue weighted by molar-refractivity contribution is 7.88. The van der Waals surface area contributed by atoms with Crippen molar-refractivity contribution >= 4 is 32.0 Å². The van der Waals surface area contributed by atoms with Crippen LogP contribution in [0, 0.1) is 11.8 Å². The fourth-order valence-electron chi connectivity index (χ4n) is 3.59. The Morgan fingerprint density at radius 2 is 1.76 bits per heavy atom. The minimum atomic E-state index is -3.33. The average Bonchev–Trinajstić information content (AvgIpc) is 3.28. The van der Waals surface area contributed by atoms with Crippen molar-refractivity contribution in [3.8, 4) is 17.5 Å². The van der Waals surface area contributed by atoms with Gasteiger partial charge < -0.3 is 0 Å². The molecule has 3 heterocycles. The molecule has 0 amide bonds. The first-order valence-electron chi connectivity index (χ1n) is 10.2. The van der Waals surface area contributed by atoms with Crippen molar-refractivity contribution in [2.45, 2.75) is 5.75 Å². The summed E-state index contributed by atoms with van der Waals surface area (Å²) in [6.45, 7) is 0. The molecule has 5 rings (SSSR count). The van der Waals surface area contributed by atoms with Crippen molar-refractivity contribution in [2.75, 3.05) is 7.05 Å². The van der Waals surface area contributed by atoms with Gasteiger partial charge >= 0.3 is 0 Å². The molecule has 0 unspecified atom stereocenters. The monoisotopic (exact) mass is 453 g/mol. The third-order valence-corrected chi connectivity index (χ3v) is 6.60. The van der Waals surface area contributed by atoms with Crippen LogP contribution in [0.2, 0.25) is 0 Å². The lowest BCUT2D eigenvalue weighted by molar-refractivity contribution is 0.587. The molecule has 8 heteroatoms.